The summed E-state index contributed by atoms with van der Waals surface area (Å²) < 4.78 is 41.9. The molecular formula is C33H49N5O5S. The van der Waals surface area contributed by atoms with Gasteiger partial charge in [-0.2, -0.15) is 4.31 Å². The number of pyridine rings is 2. The summed E-state index contributed by atoms with van der Waals surface area (Å²) in [7, 11) is -1.54. The number of rotatable bonds is 17. The van der Waals surface area contributed by atoms with Gasteiger partial charge in [0.25, 0.3) is 5.56 Å². The topological polar surface area (TPSA) is 124 Å². The van der Waals surface area contributed by atoms with Crippen LogP contribution in [0.3, 0.4) is 0 Å². The van der Waals surface area contributed by atoms with Crippen molar-refractivity contribution >= 4 is 21.0 Å². The van der Waals surface area contributed by atoms with Gasteiger partial charge in [0.2, 0.25) is 10.0 Å². The number of ether oxygens (including phenoxy) is 1. The van der Waals surface area contributed by atoms with Crippen LogP contribution in [0.4, 0.5) is 0 Å². The van der Waals surface area contributed by atoms with Gasteiger partial charge in [-0.25, -0.2) is 8.42 Å². The van der Waals surface area contributed by atoms with Crippen LogP contribution < -0.4 is 16.0 Å². The third-order valence-electron chi connectivity index (χ3n) is 8.98. The number of nitrogens with two attached hydrogens (primary N) is 1. The quantitative estimate of drug-likeness (QED) is 0.210. The van der Waals surface area contributed by atoms with E-state index in [-0.39, 0.29) is 17.4 Å². The molecule has 44 heavy (non-hydrogen) atoms. The maximum absolute atomic E-state index is 13.1. The van der Waals surface area contributed by atoms with Crippen molar-refractivity contribution in [3.05, 3.63) is 46.8 Å². The molecule has 0 amide bonds. The Labute approximate surface area is 261 Å². The zero-order chi connectivity index (χ0) is 31.1. The molecule has 3 aromatic rings. The van der Waals surface area contributed by atoms with Crippen LogP contribution >= 0.6 is 0 Å². The van der Waals surface area contributed by atoms with E-state index in [1.807, 2.05) is 12.1 Å². The van der Waals surface area contributed by atoms with Crippen LogP contribution in [0.2, 0.25) is 0 Å². The van der Waals surface area contributed by atoms with E-state index in [2.05, 4.69) is 16.8 Å². The fraction of sp³-hybridized carbons (Fsp3) is 0.636. The number of hydrogen-bond donors (Lipinski definition) is 1. The summed E-state index contributed by atoms with van der Waals surface area (Å²) in [6, 6.07) is 3.75. The summed E-state index contributed by atoms with van der Waals surface area (Å²) in [5.74, 6) is 2.18. The van der Waals surface area contributed by atoms with Gasteiger partial charge in [0.1, 0.15) is 17.1 Å². The Morgan fingerprint density at radius 3 is 2.48 bits per heavy atom. The molecule has 4 heterocycles. The average molecular weight is 628 g/mol. The van der Waals surface area contributed by atoms with E-state index in [1.165, 1.54) is 32.1 Å². The van der Waals surface area contributed by atoms with Crippen LogP contribution in [0.1, 0.15) is 76.9 Å². The lowest BCUT2D eigenvalue weighted by molar-refractivity contribution is 0.114. The number of furan rings is 1. The largest absolute Gasteiger partial charge is 0.491 e. The summed E-state index contributed by atoms with van der Waals surface area (Å²) in [5, 5.41) is 0.523. The van der Waals surface area contributed by atoms with Crippen LogP contribution in [0, 0.1) is 5.92 Å². The summed E-state index contributed by atoms with van der Waals surface area (Å²) in [4.78, 5) is 19.6. The average Bonchev–Trinajstić information content (AvgIpc) is 3.75. The molecule has 1 unspecified atom stereocenters. The zero-order valence-corrected chi connectivity index (χ0v) is 27.2. The van der Waals surface area contributed by atoms with E-state index in [4.69, 9.17) is 14.9 Å². The fourth-order valence-corrected chi connectivity index (χ4v) is 7.68. The van der Waals surface area contributed by atoms with Crippen molar-refractivity contribution in [3.63, 3.8) is 0 Å². The highest BCUT2D eigenvalue weighted by atomic mass is 32.2. The first-order chi connectivity index (χ1) is 21.3. The summed E-state index contributed by atoms with van der Waals surface area (Å²) in [6.07, 6.45) is 16.2. The standard InChI is InChI=1S/C33H49N5O5S/c1-25-21-38(44(40,41)18-10-8-6-4-3-5-7-9-14-34)17-16-37(25)22-27-19-29-32(43-27)30(23-36(2)33(29)39)28-13-15-35-20-31(28)42-24-26-11-12-26/h13,15,19-20,23,25-26H,3-12,14,16-18,21-22,24,34H2,1-2H3. The molecule has 0 radical (unpaired) electrons. The van der Waals surface area contributed by atoms with Crippen molar-refractivity contribution in [1.82, 2.24) is 18.8 Å². The summed E-state index contributed by atoms with van der Waals surface area (Å²) >= 11 is 0. The lowest BCUT2D eigenvalue weighted by Gasteiger charge is -2.38. The first-order valence-electron chi connectivity index (χ1n) is 16.4. The number of nitrogens with zero attached hydrogens (tertiary/aromatic N) is 4. The van der Waals surface area contributed by atoms with E-state index < -0.39 is 10.0 Å². The molecule has 0 aromatic carbocycles. The Kier molecular flexibility index (Phi) is 11.2. The second kappa shape index (κ2) is 15.0. The molecule has 0 spiro atoms. The van der Waals surface area contributed by atoms with E-state index in [0.29, 0.717) is 67.6 Å². The highest BCUT2D eigenvalue weighted by molar-refractivity contribution is 7.89. The lowest BCUT2D eigenvalue weighted by Crippen LogP contribution is -2.53. The molecule has 2 fully saturated rings. The van der Waals surface area contributed by atoms with Gasteiger partial charge in [-0.15, -0.1) is 0 Å². The molecule has 1 aliphatic heterocycles. The lowest BCUT2D eigenvalue weighted by atomic mass is 10.1. The highest BCUT2D eigenvalue weighted by Gasteiger charge is 2.31. The van der Waals surface area contributed by atoms with Gasteiger partial charge in [-0.1, -0.05) is 38.5 Å². The Bertz CT molecular complexity index is 1550. The van der Waals surface area contributed by atoms with Crippen LogP contribution in [0.5, 0.6) is 5.75 Å². The molecule has 5 rings (SSSR count). The third kappa shape index (κ3) is 8.29. The smallest absolute Gasteiger partial charge is 0.261 e. The first kappa shape index (κ1) is 32.7. The maximum atomic E-state index is 13.1. The monoisotopic (exact) mass is 627 g/mol. The van der Waals surface area contributed by atoms with E-state index in [9.17, 15) is 13.2 Å². The zero-order valence-electron chi connectivity index (χ0n) is 26.4. The second-order valence-corrected chi connectivity index (χ2v) is 14.7. The first-order valence-corrected chi connectivity index (χ1v) is 18.0. The number of aromatic nitrogens is 2. The molecule has 242 valence electrons. The molecule has 10 nitrogen and oxygen atoms in total. The Morgan fingerprint density at radius 2 is 1.77 bits per heavy atom. The second-order valence-electron chi connectivity index (χ2n) is 12.7. The molecule has 11 heteroatoms. The summed E-state index contributed by atoms with van der Waals surface area (Å²) in [6.45, 7) is 5.49. The van der Waals surface area contributed by atoms with Gasteiger partial charge < -0.3 is 19.5 Å². The number of unbranched alkanes of at least 4 members (excludes halogenated alkanes) is 7. The minimum Gasteiger partial charge on any atom is -0.491 e. The predicted molar refractivity (Wildman–Crippen MR) is 174 cm³/mol. The minimum atomic E-state index is -3.29. The van der Waals surface area contributed by atoms with E-state index >= 15 is 0 Å². The van der Waals surface area contributed by atoms with E-state index in [1.54, 1.807) is 34.5 Å². The Hall–Kier alpha value is -2.73. The van der Waals surface area contributed by atoms with Crippen molar-refractivity contribution in [3.8, 4) is 16.9 Å². The third-order valence-corrected chi connectivity index (χ3v) is 10.9. The Morgan fingerprint density at radius 1 is 1.05 bits per heavy atom. The molecule has 2 aliphatic rings. The minimum absolute atomic E-state index is 0.0187. The SMILES string of the molecule is CC1CN(S(=O)(=O)CCCCCCCCCCN)CCN1Cc1cc2c(=O)n(C)cc(-c3ccncc3OCC3CC3)c2o1. The van der Waals surface area contributed by atoms with Gasteiger partial charge in [0.15, 0.2) is 0 Å². The van der Waals surface area contributed by atoms with Gasteiger partial charge in [0.05, 0.1) is 30.5 Å². The number of fused-ring (bicyclic) bond motifs is 1. The van der Waals surface area contributed by atoms with Gasteiger partial charge in [-0.05, 0) is 57.2 Å². The van der Waals surface area contributed by atoms with Gasteiger partial charge >= 0.3 is 0 Å². The van der Waals surface area contributed by atoms with Crippen molar-refractivity contribution in [2.75, 3.05) is 38.5 Å². The van der Waals surface area contributed by atoms with Gasteiger partial charge in [0, 0.05) is 56.2 Å². The van der Waals surface area contributed by atoms with Crippen LogP contribution in [0.25, 0.3) is 22.1 Å². The van der Waals surface area contributed by atoms with Crippen molar-refractivity contribution < 1.29 is 17.6 Å². The number of aryl methyl sites for hydroxylation is 1. The van der Waals surface area contributed by atoms with Crippen molar-refractivity contribution in [1.29, 1.82) is 0 Å². The molecule has 1 saturated carbocycles. The van der Waals surface area contributed by atoms with E-state index in [0.717, 1.165) is 43.4 Å². The fourth-order valence-electron chi connectivity index (χ4n) is 6.05. The molecule has 1 saturated heterocycles. The summed E-state index contributed by atoms with van der Waals surface area (Å²) in [5.41, 5.74) is 7.59. The number of piperazine rings is 1. The normalized spacial score (nSPS) is 18.3. The number of sulfonamides is 1. The molecule has 2 N–H and O–H groups in total. The maximum Gasteiger partial charge on any atom is 0.261 e. The Balaban J connectivity index is 1.19. The predicted octanol–water partition coefficient (Wildman–Crippen LogP) is 4.90. The molecule has 0 bridgehead atoms. The van der Waals surface area contributed by atoms with Crippen LogP contribution in [-0.4, -0.2) is 71.8 Å². The van der Waals surface area contributed by atoms with Crippen LogP contribution in [-0.2, 0) is 23.6 Å². The highest BCUT2D eigenvalue weighted by Crippen LogP contribution is 2.37. The molecule has 1 atom stereocenters. The van der Waals surface area contributed by atoms with Gasteiger partial charge in [-0.3, -0.25) is 14.7 Å². The molecule has 3 aromatic heterocycles. The van der Waals surface area contributed by atoms with Crippen molar-refractivity contribution in [2.45, 2.75) is 83.7 Å². The molecule has 1 aliphatic carbocycles. The van der Waals surface area contributed by atoms with Crippen LogP contribution in [0.15, 0.2) is 39.9 Å². The van der Waals surface area contributed by atoms with Crippen molar-refractivity contribution in [2.24, 2.45) is 18.7 Å². The molecular weight excluding hydrogens is 578 g/mol. The number of hydrogen-bond acceptors (Lipinski definition) is 8.